The zero-order valence-electron chi connectivity index (χ0n) is 7.98. The second kappa shape index (κ2) is 5.59. The molecule has 0 saturated heterocycles. The lowest BCUT2D eigenvalue weighted by molar-refractivity contribution is 0.770. The minimum atomic E-state index is 0.664. The van der Waals surface area contributed by atoms with Crippen LogP contribution in [-0.2, 0) is 0 Å². The van der Waals surface area contributed by atoms with Gasteiger partial charge in [-0.25, -0.2) is 0 Å². The molecule has 0 amide bonds. The molecule has 0 spiro atoms. The van der Waals surface area contributed by atoms with E-state index in [9.17, 15) is 0 Å². The van der Waals surface area contributed by atoms with Crippen molar-refractivity contribution in [2.45, 2.75) is 20.8 Å². The molecule has 0 rings (SSSR count). The third-order valence-corrected chi connectivity index (χ3v) is 2.91. The molecule has 0 heterocycles. The van der Waals surface area contributed by atoms with Crippen LogP contribution in [0.25, 0.3) is 0 Å². The van der Waals surface area contributed by atoms with E-state index in [1.54, 1.807) is 11.8 Å². The molecular formula is C8H16B2S. The number of hydrogen-bond donors (Lipinski definition) is 0. The SMILES string of the molecule is BB/C(SC=C)=C(/C)C(C)C. The fourth-order valence-electron chi connectivity index (χ4n) is 0.878. The molecule has 0 N–H and O–H groups in total. The number of rotatable bonds is 4. The van der Waals surface area contributed by atoms with Gasteiger partial charge >= 0.3 is 0 Å². The Hall–Kier alpha value is -0.0401. The van der Waals surface area contributed by atoms with Crippen molar-refractivity contribution in [2.24, 2.45) is 5.92 Å². The maximum Gasteiger partial charge on any atom is 0.127 e. The van der Waals surface area contributed by atoms with Crippen molar-refractivity contribution in [1.29, 1.82) is 0 Å². The van der Waals surface area contributed by atoms with E-state index in [2.05, 4.69) is 35.1 Å². The minimum absolute atomic E-state index is 0.664. The van der Waals surface area contributed by atoms with Crippen LogP contribution in [-0.4, -0.2) is 14.9 Å². The monoisotopic (exact) mass is 166 g/mol. The van der Waals surface area contributed by atoms with Crippen molar-refractivity contribution in [3.05, 3.63) is 22.4 Å². The lowest BCUT2D eigenvalue weighted by Gasteiger charge is -2.10. The van der Waals surface area contributed by atoms with Gasteiger partial charge in [0.2, 0.25) is 0 Å². The van der Waals surface area contributed by atoms with Gasteiger partial charge in [0.25, 0.3) is 0 Å². The number of thioether (sulfide) groups is 1. The van der Waals surface area contributed by atoms with Gasteiger partial charge in [0.15, 0.2) is 0 Å². The zero-order chi connectivity index (χ0) is 8.85. The summed E-state index contributed by atoms with van der Waals surface area (Å²) in [6.07, 6.45) is 0. The lowest BCUT2D eigenvalue weighted by atomic mass is 9.54. The van der Waals surface area contributed by atoms with E-state index < -0.39 is 0 Å². The van der Waals surface area contributed by atoms with Crippen LogP contribution in [0.5, 0.6) is 0 Å². The predicted octanol–water partition coefficient (Wildman–Crippen LogP) is 1.74. The van der Waals surface area contributed by atoms with Gasteiger partial charge in [-0.2, -0.15) is 0 Å². The Morgan fingerprint density at radius 3 is 2.45 bits per heavy atom. The molecule has 0 radical (unpaired) electrons. The van der Waals surface area contributed by atoms with Crippen LogP contribution in [0.2, 0.25) is 0 Å². The summed E-state index contributed by atoms with van der Waals surface area (Å²) in [6.45, 7) is 10.4. The Kier molecular flexibility index (Phi) is 5.57. The Bertz CT molecular complexity index is 161. The molecule has 0 aliphatic rings. The summed E-state index contributed by atoms with van der Waals surface area (Å²) in [5.41, 5.74) is 1.50. The van der Waals surface area contributed by atoms with Gasteiger partial charge in [-0.15, -0.1) is 11.8 Å². The zero-order valence-corrected chi connectivity index (χ0v) is 8.79. The summed E-state index contributed by atoms with van der Waals surface area (Å²) < 4.78 is 0. The average Bonchev–Trinajstić information content (AvgIpc) is 1.98. The molecule has 0 aromatic rings. The first-order valence-electron chi connectivity index (χ1n) is 4.10. The van der Waals surface area contributed by atoms with Gasteiger partial charge < -0.3 is 0 Å². The van der Waals surface area contributed by atoms with E-state index in [1.165, 1.54) is 10.4 Å². The highest BCUT2D eigenvalue weighted by Gasteiger charge is 2.03. The first-order chi connectivity index (χ1) is 5.13. The molecular weight excluding hydrogens is 150 g/mol. The molecule has 60 valence electrons. The standard InChI is InChI=1S/C8H16B2S/c1-5-11-8(10-9)7(4)6(2)3/h5-6,10H,1,9H2,2-4H3/b8-7+. The molecule has 0 aromatic heterocycles. The Balaban J connectivity index is 4.38. The van der Waals surface area contributed by atoms with Crippen LogP contribution in [0, 0.1) is 5.92 Å². The predicted molar refractivity (Wildman–Crippen MR) is 61.0 cm³/mol. The maximum atomic E-state index is 3.72. The molecule has 0 bridgehead atoms. The van der Waals surface area contributed by atoms with E-state index in [1.807, 2.05) is 5.41 Å². The highest BCUT2D eigenvalue weighted by atomic mass is 32.2. The van der Waals surface area contributed by atoms with E-state index in [4.69, 9.17) is 0 Å². The van der Waals surface area contributed by atoms with Crippen LogP contribution in [0.15, 0.2) is 22.4 Å². The highest BCUT2D eigenvalue weighted by Crippen LogP contribution is 2.23. The van der Waals surface area contributed by atoms with E-state index >= 15 is 0 Å². The van der Waals surface area contributed by atoms with Crippen molar-refractivity contribution < 1.29 is 0 Å². The van der Waals surface area contributed by atoms with Gasteiger partial charge in [0, 0.05) is 0 Å². The highest BCUT2D eigenvalue weighted by molar-refractivity contribution is 8.07. The molecule has 0 nitrogen and oxygen atoms in total. The molecule has 0 atom stereocenters. The molecule has 0 saturated carbocycles. The van der Waals surface area contributed by atoms with Crippen LogP contribution in [0.1, 0.15) is 20.8 Å². The second-order valence-electron chi connectivity index (χ2n) is 2.90. The first-order valence-corrected chi connectivity index (χ1v) is 4.98. The van der Waals surface area contributed by atoms with Crippen molar-refractivity contribution in [2.75, 3.05) is 0 Å². The van der Waals surface area contributed by atoms with Gasteiger partial charge in [0.05, 0.1) is 7.74 Å². The lowest BCUT2D eigenvalue weighted by Crippen LogP contribution is -1.99. The Labute approximate surface area is 76.2 Å². The van der Waals surface area contributed by atoms with Crippen LogP contribution < -0.4 is 0 Å². The largest absolute Gasteiger partial charge is 0.127 e. The van der Waals surface area contributed by atoms with Gasteiger partial charge in [-0.3, -0.25) is 0 Å². The Morgan fingerprint density at radius 2 is 2.18 bits per heavy atom. The molecule has 0 fully saturated rings. The van der Waals surface area contributed by atoms with Crippen LogP contribution in [0.3, 0.4) is 0 Å². The van der Waals surface area contributed by atoms with E-state index in [0.717, 1.165) is 7.17 Å². The summed E-state index contributed by atoms with van der Waals surface area (Å²) in [5, 5.41) is 1.91. The van der Waals surface area contributed by atoms with Gasteiger partial charge in [-0.05, 0) is 18.2 Å². The summed E-state index contributed by atoms with van der Waals surface area (Å²) in [4.78, 5) is 1.47. The first kappa shape index (κ1) is 11.0. The van der Waals surface area contributed by atoms with Crippen LogP contribution >= 0.6 is 11.8 Å². The third kappa shape index (κ3) is 3.76. The van der Waals surface area contributed by atoms with Gasteiger partial charge in [-0.1, -0.05) is 30.8 Å². The molecule has 3 heteroatoms. The number of hydrogen-bond acceptors (Lipinski definition) is 1. The normalized spacial score (nSPS) is 12.7. The molecule has 0 aliphatic heterocycles. The molecule has 0 unspecified atom stereocenters. The average molecular weight is 166 g/mol. The fraction of sp³-hybridized carbons (Fsp3) is 0.500. The van der Waals surface area contributed by atoms with Crippen molar-refractivity contribution in [1.82, 2.24) is 0 Å². The summed E-state index contributed by atoms with van der Waals surface area (Å²) >= 11 is 1.76. The third-order valence-electron chi connectivity index (χ3n) is 1.85. The molecule has 0 aromatic carbocycles. The minimum Gasteiger partial charge on any atom is -0.114 e. The summed E-state index contributed by atoms with van der Waals surface area (Å²) in [5.74, 6) is 0.664. The van der Waals surface area contributed by atoms with E-state index in [-0.39, 0.29) is 0 Å². The molecule has 0 aliphatic carbocycles. The summed E-state index contributed by atoms with van der Waals surface area (Å²) in [6, 6.07) is 0. The maximum absolute atomic E-state index is 3.72. The molecule has 11 heavy (non-hydrogen) atoms. The second-order valence-corrected chi connectivity index (χ2v) is 3.96. The summed E-state index contributed by atoms with van der Waals surface area (Å²) in [7, 11) is 3.32. The van der Waals surface area contributed by atoms with E-state index in [0.29, 0.717) is 5.92 Å². The Morgan fingerprint density at radius 1 is 1.64 bits per heavy atom. The van der Waals surface area contributed by atoms with Crippen molar-refractivity contribution >= 4 is 26.7 Å². The van der Waals surface area contributed by atoms with Crippen molar-refractivity contribution in [3.63, 3.8) is 0 Å². The topological polar surface area (TPSA) is 0 Å². The smallest absolute Gasteiger partial charge is 0.114 e. The quantitative estimate of drug-likeness (QED) is 0.573. The van der Waals surface area contributed by atoms with Crippen molar-refractivity contribution in [3.8, 4) is 0 Å². The fourth-order valence-corrected chi connectivity index (χ4v) is 1.67. The number of allylic oxidation sites excluding steroid dienone is 1. The van der Waals surface area contributed by atoms with Crippen LogP contribution in [0.4, 0.5) is 0 Å². The van der Waals surface area contributed by atoms with Gasteiger partial charge in [0.1, 0.15) is 7.17 Å².